The van der Waals surface area contributed by atoms with Gasteiger partial charge in [-0.05, 0) is 79.3 Å². The standard InChI is InChI=1S/C44H73N7O7S/c1-14-28(2)37(50(11)41(54)33(48-30(4)44(8,9)45-10)27-47-42(55)58-43(5,6)7)35(56-12)26-36(52)51-23-18-21-34(51)38(57-13)29(3)39(53)49-32(40-46-22-24-59-40)25-31-19-16-15-17-20-31/h15-17,19-20,22,24,28-30,32-35,37-38,45,48H,14,18,21,23,25-27H2,1-13H3,(H,47,55)(H,49,53)/t28-,29+,30?,32-,33-,34-,35+,37-,38+/m0/s1. The summed E-state index contributed by atoms with van der Waals surface area (Å²) in [4.78, 5) is 63.6. The molecular formula is C44H73N7O7S. The number of hydrogen-bond donors (Lipinski definition) is 4. The van der Waals surface area contributed by atoms with Gasteiger partial charge in [0.05, 0.1) is 42.7 Å². The van der Waals surface area contributed by atoms with Gasteiger partial charge in [-0.2, -0.15) is 0 Å². The molecule has 0 aliphatic carbocycles. The van der Waals surface area contributed by atoms with Crippen LogP contribution in [0.3, 0.4) is 0 Å². The van der Waals surface area contributed by atoms with E-state index >= 15 is 0 Å². The van der Waals surface area contributed by atoms with E-state index in [4.69, 9.17) is 14.2 Å². The van der Waals surface area contributed by atoms with Gasteiger partial charge in [0.2, 0.25) is 17.7 Å². The van der Waals surface area contributed by atoms with Crippen molar-refractivity contribution in [1.82, 2.24) is 36.1 Å². The summed E-state index contributed by atoms with van der Waals surface area (Å²) in [6.45, 7) is 17.9. The zero-order valence-electron chi connectivity index (χ0n) is 37.8. The fraction of sp³-hybridized carbons (Fsp3) is 0.705. The van der Waals surface area contributed by atoms with E-state index in [0.29, 0.717) is 19.4 Å². The molecule has 2 aromatic rings. The quantitative estimate of drug-likeness (QED) is 0.122. The maximum Gasteiger partial charge on any atom is 0.407 e. The SMILES string of the molecule is CC[C@H](C)[C@@H]([C@@H](CC(=O)N1CCC[C@H]1[C@H](OC)[C@@H](C)C(=O)N[C@@H](Cc1ccccc1)c1nccs1)OC)N(C)C(=O)[C@H](CNC(=O)OC(C)(C)C)NC(C)C(C)(C)NC. The molecule has 4 amide bonds. The molecule has 15 heteroatoms. The second-order valence-corrected chi connectivity index (χ2v) is 18.4. The Balaban J connectivity index is 1.81. The van der Waals surface area contributed by atoms with E-state index in [-0.39, 0.29) is 60.3 Å². The van der Waals surface area contributed by atoms with E-state index in [1.54, 1.807) is 53.1 Å². The first-order valence-electron chi connectivity index (χ1n) is 21.1. The number of ether oxygens (including phenoxy) is 3. The highest BCUT2D eigenvalue weighted by Crippen LogP contribution is 2.30. The molecule has 59 heavy (non-hydrogen) atoms. The van der Waals surface area contributed by atoms with Gasteiger partial charge in [-0.1, -0.05) is 57.5 Å². The molecule has 0 radical (unpaired) electrons. The average Bonchev–Trinajstić information content (AvgIpc) is 3.92. The van der Waals surface area contributed by atoms with Crippen molar-refractivity contribution in [2.75, 3.05) is 41.4 Å². The number of nitrogens with zero attached hydrogens (tertiary/aromatic N) is 3. The average molecular weight is 844 g/mol. The van der Waals surface area contributed by atoms with Gasteiger partial charge in [-0.15, -0.1) is 11.3 Å². The first kappa shape index (κ1) is 49.7. The number of alkyl carbamates (subject to hydrolysis) is 1. The van der Waals surface area contributed by atoms with Gasteiger partial charge in [0.15, 0.2) is 0 Å². The smallest absolute Gasteiger partial charge is 0.407 e. The van der Waals surface area contributed by atoms with E-state index in [2.05, 4.69) is 33.2 Å². The minimum atomic E-state index is -0.809. The van der Waals surface area contributed by atoms with Gasteiger partial charge in [-0.3, -0.25) is 14.4 Å². The second kappa shape index (κ2) is 22.8. The molecule has 1 fully saturated rings. The topological polar surface area (TPSA) is 163 Å². The van der Waals surface area contributed by atoms with E-state index < -0.39 is 41.9 Å². The molecular weight excluding hydrogens is 771 g/mol. The summed E-state index contributed by atoms with van der Waals surface area (Å²) < 4.78 is 17.6. The van der Waals surface area contributed by atoms with Gasteiger partial charge >= 0.3 is 6.09 Å². The van der Waals surface area contributed by atoms with Crippen molar-refractivity contribution in [1.29, 1.82) is 0 Å². The number of methoxy groups -OCH3 is 2. The molecule has 4 N–H and O–H groups in total. The van der Waals surface area contributed by atoms with Crippen molar-refractivity contribution in [3.05, 3.63) is 52.5 Å². The number of amides is 4. The van der Waals surface area contributed by atoms with Gasteiger partial charge < -0.3 is 45.3 Å². The Bertz CT molecular complexity index is 1610. The molecule has 0 bridgehead atoms. The molecule has 1 unspecified atom stereocenters. The summed E-state index contributed by atoms with van der Waals surface area (Å²) in [5.74, 6) is -1.16. The number of thiazole rings is 1. The molecule has 332 valence electrons. The number of likely N-dealkylation sites (tertiary alicyclic amines) is 1. The number of benzene rings is 1. The third-order valence-corrected chi connectivity index (χ3v) is 12.8. The fourth-order valence-electron chi connectivity index (χ4n) is 7.76. The number of likely N-dealkylation sites (N-methyl/N-ethyl adjacent to an activating group) is 2. The van der Waals surface area contributed by atoms with E-state index in [1.807, 2.05) is 82.3 Å². The zero-order valence-corrected chi connectivity index (χ0v) is 38.6. The molecule has 14 nitrogen and oxygen atoms in total. The van der Waals surface area contributed by atoms with Crippen LogP contribution in [0.4, 0.5) is 4.79 Å². The molecule has 1 aliphatic heterocycles. The van der Waals surface area contributed by atoms with Crippen LogP contribution >= 0.6 is 11.3 Å². The molecule has 1 saturated heterocycles. The van der Waals surface area contributed by atoms with Crippen LogP contribution in [0.15, 0.2) is 41.9 Å². The number of carbonyl (C=O) groups is 4. The van der Waals surface area contributed by atoms with Crippen molar-refractivity contribution in [3.63, 3.8) is 0 Å². The molecule has 0 saturated carbocycles. The van der Waals surface area contributed by atoms with E-state index in [0.717, 1.165) is 23.4 Å². The maximum absolute atomic E-state index is 14.5. The Hall–Kier alpha value is -3.63. The van der Waals surface area contributed by atoms with Crippen LogP contribution in [0.2, 0.25) is 0 Å². The molecule has 1 aliphatic rings. The van der Waals surface area contributed by atoms with Gasteiger partial charge in [0.1, 0.15) is 16.7 Å². The Kier molecular flexibility index (Phi) is 19.2. The maximum atomic E-state index is 14.5. The van der Waals surface area contributed by atoms with Crippen LogP contribution in [0.5, 0.6) is 0 Å². The fourth-order valence-corrected chi connectivity index (χ4v) is 8.44. The molecule has 3 rings (SSSR count). The Morgan fingerprint density at radius 2 is 1.71 bits per heavy atom. The number of carbonyl (C=O) groups excluding carboxylic acids is 4. The van der Waals surface area contributed by atoms with Crippen molar-refractivity contribution >= 4 is 35.2 Å². The normalized spacial score (nSPS) is 18.8. The number of hydrogen-bond acceptors (Lipinski definition) is 11. The highest BCUT2D eigenvalue weighted by atomic mass is 32.1. The number of rotatable bonds is 22. The summed E-state index contributed by atoms with van der Waals surface area (Å²) in [6.07, 6.45) is 2.72. The van der Waals surface area contributed by atoms with Gasteiger partial charge in [0.25, 0.3) is 0 Å². The van der Waals surface area contributed by atoms with Gasteiger partial charge in [0, 0.05) is 57.5 Å². The van der Waals surface area contributed by atoms with Crippen molar-refractivity contribution in [2.45, 2.75) is 148 Å². The number of aromatic nitrogens is 1. The van der Waals surface area contributed by atoms with Crippen molar-refractivity contribution in [2.24, 2.45) is 11.8 Å². The molecule has 0 spiro atoms. The predicted molar refractivity (Wildman–Crippen MR) is 233 cm³/mol. The minimum absolute atomic E-state index is 0.0114. The molecule has 9 atom stereocenters. The van der Waals surface area contributed by atoms with Crippen LogP contribution in [0, 0.1) is 11.8 Å². The second-order valence-electron chi connectivity index (χ2n) is 17.5. The number of nitrogens with one attached hydrogen (secondary N) is 4. The monoisotopic (exact) mass is 844 g/mol. The molecule has 2 heterocycles. The van der Waals surface area contributed by atoms with Crippen LogP contribution in [-0.2, 0) is 35.0 Å². The van der Waals surface area contributed by atoms with E-state index in [1.165, 1.54) is 11.3 Å². The predicted octanol–water partition coefficient (Wildman–Crippen LogP) is 5.33. The molecule has 1 aromatic heterocycles. The van der Waals surface area contributed by atoms with Gasteiger partial charge in [-0.25, -0.2) is 9.78 Å². The lowest BCUT2D eigenvalue weighted by atomic mass is 9.89. The highest BCUT2D eigenvalue weighted by Gasteiger charge is 2.43. The summed E-state index contributed by atoms with van der Waals surface area (Å²) >= 11 is 1.50. The summed E-state index contributed by atoms with van der Waals surface area (Å²) in [7, 11) is 6.77. The highest BCUT2D eigenvalue weighted by molar-refractivity contribution is 7.09. The summed E-state index contributed by atoms with van der Waals surface area (Å²) in [5, 5.41) is 15.5. The Morgan fingerprint density at radius 1 is 1.03 bits per heavy atom. The third kappa shape index (κ3) is 14.2. The minimum Gasteiger partial charge on any atom is -0.444 e. The lowest BCUT2D eigenvalue weighted by molar-refractivity contribution is -0.146. The van der Waals surface area contributed by atoms with Crippen LogP contribution in [-0.4, -0.2) is 128 Å². The van der Waals surface area contributed by atoms with Crippen molar-refractivity contribution in [3.8, 4) is 0 Å². The third-order valence-electron chi connectivity index (χ3n) is 11.9. The first-order chi connectivity index (χ1) is 27.8. The van der Waals surface area contributed by atoms with E-state index in [9.17, 15) is 19.2 Å². The largest absolute Gasteiger partial charge is 0.444 e. The Morgan fingerprint density at radius 3 is 2.27 bits per heavy atom. The van der Waals surface area contributed by atoms with Crippen LogP contribution < -0.4 is 21.3 Å². The first-order valence-corrected chi connectivity index (χ1v) is 21.9. The zero-order chi connectivity index (χ0) is 44.1. The lowest BCUT2D eigenvalue weighted by Gasteiger charge is -2.41. The Labute approximate surface area is 357 Å². The van der Waals surface area contributed by atoms with Crippen LogP contribution in [0.25, 0.3) is 0 Å². The van der Waals surface area contributed by atoms with Crippen molar-refractivity contribution < 1.29 is 33.4 Å². The summed E-state index contributed by atoms with van der Waals surface area (Å²) in [6, 6.07) is 7.90. The summed E-state index contributed by atoms with van der Waals surface area (Å²) in [5.41, 5.74) is 0.00444. The van der Waals surface area contributed by atoms with Crippen LogP contribution in [0.1, 0.15) is 105 Å². The molecule has 1 aromatic carbocycles. The lowest BCUT2D eigenvalue weighted by Crippen LogP contribution is -2.63.